The molecule has 0 unspecified atom stereocenters. The van der Waals surface area contributed by atoms with E-state index in [2.05, 4.69) is 107 Å². The van der Waals surface area contributed by atoms with Gasteiger partial charge in [-0.3, -0.25) is 0 Å². The van der Waals surface area contributed by atoms with Crippen LogP contribution in [0.2, 0.25) is 0 Å². The zero-order valence-electron chi connectivity index (χ0n) is 23.2. The number of fused-ring (bicyclic) bond motifs is 3. The number of rotatable bonds is 5. The first-order valence-corrected chi connectivity index (χ1v) is 14.3. The van der Waals surface area contributed by atoms with Crippen molar-refractivity contribution in [1.82, 2.24) is 15.0 Å². The highest BCUT2D eigenvalue weighted by molar-refractivity contribution is 6.09. The predicted molar refractivity (Wildman–Crippen MR) is 174 cm³/mol. The third-order valence-electron chi connectivity index (χ3n) is 7.83. The molecule has 0 spiro atoms. The van der Waals surface area contributed by atoms with Gasteiger partial charge in [-0.05, 0) is 52.1 Å². The van der Waals surface area contributed by atoms with Gasteiger partial charge in [0.2, 0.25) is 0 Å². The summed E-state index contributed by atoms with van der Waals surface area (Å²) < 4.78 is 6.32. The highest BCUT2D eigenvalue weighted by Gasteiger charge is 2.13. The Morgan fingerprint density at radius 3 is 1.63 bits per heavy atom. The third kappa shape index (κ3) is 4.65. The van der Waals surface area contributed by atoms with Crippen LogP contribution in [0.15, 0.2) is 156 Å². The van der Waals surface area contributed by atoms with Crippen molar-refractivity contribution in [2.75, 3.05) is 0 Å². The molecular formula is C39H25N3O. The number of benzene rings is 6. The minimum atomic E-state index is 0.639. The normalized spacial score (nSPS) is 11.3. The van der Waals surface area contributed by atoms with Crippen LogP contribution in [-0.4, -0.2) is 15.0 Å². The van der Waals surface area contributed by atoms with E-state index in [1.54, 1.807) is 6.33 Å². The maximum atomic E-state index is 6.32. The van der Waals surface area contributed by atoms with E-state index in [0.717, 1.165) is 66.4 Å². The summed E-state index contributed by atoms with van der Waals surface area (Å²) in [6.07, 6.45) is 1.59. The minimum Gasteiger partial charge on any atom is -0.455 e. The number of aromatic nitrogens is 3. The predicted octanol–water partition coefficient (Wildman–Crippen LogP) is 10.1. The lowest BCUT2D eigenvalue weighted by molar-refractivity contribution is 0.670. The Balaban J connectivity index is 1.15. The molecule has 8 rings (SSSR count). The monoisotopic (exact) mass is 551 g/mol. The van der Waals surface area contributed by atoms with Gasteiger partial charge in [-0.2, -0.15) is 0 Å². The Labute approximate surface area is 249 Å². The molecule has 0 saturated heterocycles. The summed E-state index contributed by atoms with van der Waals surface area (Å²) in [5, 5.41) is 2.26. The van der Waals surface area contributed by atoms with E-state index in [0.29, 0.717) is 11.6 Å². The second-order valence-corrected chi connectivity index (χ2v) is 10.5. The molecule has 0 atom stereocenters. The van der Waals surface area contributed by atoms with Crippen LogP contribution in [0.25, 0.3) is 78.1 Å². The Morgan fingerprint density at radius 2 is 0.907 bits per heavy atom. The lowest BCUT2D eigenvalue weighted by atomic mass is 9.97. The average molecular weight is 552 g/mol. The topological polar surface area (TPSA) is 51.8 Å². The second kappa shape index (κ2) is 10.5. The van der Waals surface area contributed by atoms with Gasteiger partial charge < -0.3 is 4.42 Å². The van der Waals surface area contributed by atoms with Gasteiger partial charge in [0.15, 0.2) is 11.6 Å². The zero-order chi connectivity index (χ0) is 28.6. The first-order chi connectivity index (χ1) is 21.3. The lowest BCUT2D eigenvalue weighted by Crippen LogP contribution is -1.95. The van der Waals surface area contributed by atoms with Crippen molar-refractivity contribution in [2.45, 2.75) is 0 Å². The summed E-state index contributed by atoms with van der Waals surface area (Å²) in [4.78, 5) is 13.9. The van der Waals surface area contributed by atoms with Crippen LogP contribution in [0.3, 0.4) is 0 Å². The van der Waals surface area contributed by atoms with Crippen LogP contribution in [0, 0.1) is 0 Å². The Kier molecular flexibility index (Phi) is 6.08. The van der Waals surface area contributed by atoms with Crippen molar-refractivity contribution in [3.8, 4) is 56.2 Å². The molecule has 43 heavy (non-hydrogen) atoms. The minimum absolute atomic E-state index is 0.639. The van der Waals surface area contributed by atoms with Crippen LogP contribution >= 0.6 is 0 Å². The fourth-order valence-corrected chi connectivity index (χ4v) is 5.72. The molecule has 6 aromatic carbocycles. The Hall–Kier alpha value is -5.87. The Bertz CT molecular complexity index is 2250. The van der Waals surface area contributed by atoms with E-state index in [1.807, 2.05) is 48.5 Å². The van der Waals surface area contributed by atoms with Gasteiger partial charge in [-0.25, -0.2) is 15.0 Å². The van der Waals surface area contributed by atoms with E-state index < -0.39 is 0 Å². The van der Waals surface area contributed by atoms with Gasteiger partial charge in [0.25, 0.3) is 0 Å². The maximum absolute atomic E-state index is 6.32. The zero-order valence-corrected chi connectivity index (χ0v) is 23.2. The molecule has 0 amide bonds. The fraction of sp³-hybridized carbons (Fsp3) is 0. The first-order valence-electron chi connectivity index (χ1n) is 14.3. The van der Waals surface area contributed by atoms with Gasteiger partial charge in [-0.15, -0.1) is 0 Å². The first kappa shape index (κ1) is 24.9. The van der Waals surface area contributed by atoms with Gasteiger partial charge in [-0.1, -0.05) is 121 Å². The maximum Gasteiger partial charge on any atom is 0.163 e. The third-order valence-corrected chi connectivity index (χ3v) is 7.83. The van der Waals surface area contributed by atoms with Gasteiger partial charge >= 0.3 is 0 Å². The molecule has 0 aliphatic heterocycles. The SMILES string of the molecule is c1ccc(-c2cccc(-c3ncnc(-c4cccc(-c5cccc(-c6cccc7c6oc6ccccc67)c5)c4)n3)c2)cc1. The van der Waals surface area contributed by atoms with E-state index in [-0.39, 0.29) is 0 Å². The lowest BCUT2D eigenvalue weighted by Gasteiger charge is -2.09. The molecule has 0 saturated carbocycles. The second-order valence-electron chi connectivity index (χ2n) is 10.5. The number of furan rings is 1. The average Bonchev–Trinajstić information content (AvgIpc) is 3.48. The number of para-hydroxylation sites is 2. The highest BCUT2D eigenvalue weighted by atomic mass is 16.3. The molecule has 0 aliphatic rings. The van der Waals surface area contributed by atoms with E-state index in [4.69, 9.17) is 9.40 Å². The van der Waals surface area contributed by atoms with Gasteiger partial charge in [0.05, 0.1) is 0 Å². The van der Waals surface area contributed by atoms with E-state index in [9.17, 15) is 0 Å². The molecule has 4 nitrogen and oxygen atoms in total. The van der Waals surface area contributed by atoms with Gasteiger partial charge in [0.1, 0.15) is 17.5 Å². The van der Waals surface area contributed by atoms with Crippen LogP contribution in [0.4, 0.5) is 0 Å². The largest absolute Gasteiger partial charge is 0.455 e. The quantitative estimate of drug-likeness (QED) is 0.214. The van der Waals surface area contributed by atoms with Crippen LogP contribution in [-0.2, 0) is 0 Å². The van der Waals surface area contributed by atoms with Crippen LogP contribution < -0.4 is 0 Å². The summed E-state index contributed by atoms with van der Waals surface area (Å²) in [6.45, 7) is 0. The summed E-state index contributed by atoms with van der Waals surface area (Å²) in [7, 11) is 0. The summed E-state index contributed by atoms with van der Waals surface area (Å²) in [5.41, 5.74) is 10.4. The number of hydrogen-bond acceptors (Lipinski definition) is 4. The molecule has 0 radical (unpaired) electrons. The summed E-state index contributed by atoms with van der Waals surface area (Å²) >= 11 is 0. The molecule has 0 aliphatic carbocycles. The van der Waals surface area contributed by atoms with Crippen molar-refractivity contribution in [1.29, 1.82) is 0 Å². The van der Waals surface area contributed by atoms with E-state index >= 15 is 0 Å². The standard InChI is InChI=1S/C39H25N3O/c1-2-10-26(11-3-1)27-12-7-16-31(23-27)38-40-25-41-39(42-38)32-17-8-14-29(24-32)28-13-6-15-30(22-28)33-19-9-20-35-34-18-4-5-21-36(34)43-37(33)35/h1-25H. The van der Waals surface area contributed by atoms with Crippen LogP contribution in [0.5, 0.6) is 0 Å². The Morgan fingerprint density at radius 1 is 0.395 bits per heavy atom. The highest BCUT2D eigenvalue weighted by Crippen LogP contribution is 2.37. The molecule has 0 bridgehead atoms. The summed E-state index contributed by atoms with van der Waals surface area (Å²) in [5.74, 6) is 1.29. The molecule has 4 heteroatoms. The van der Waals surface area contributed by atoms with Gasteiger partial charge in [0, 0.05) is 27.5 Å². The molecule has 0 fully saturated rings. The molecule has 202 valence electrons. The van der Waals surface area contributed by atoms with Crippen molar-refractivity contribution >= 4 is 21.9 Å². The molecular weight excluding hydrogens is 526 g/mol. The van der Waals surface area contributed by atoms with Crippen molar-refractivity contribution in [3.05, 3.63) is 152 Å². The number of nitrogens with zero attached hydrogens (tertiary/aromatic N) is 3. The van der Waals surface area contributed by atoms with Crippen LogP contribution in [0.1, 0.15) is 0 Å². The summed E-state index contributed by atoms with van der Waals surface area (Å²) in [6, 6.07) is 50.1. The molecule has 0 N–H and O–H groups in total. The smallest absolute Gasteiger partial charge is 0.163 e. The molecule has 2 aromatic heterocycles. The molecule has 8 aromatic rings. The van der Waals surface area contributed by atoms with Crippen molar-refractivity contribution in [2.24, 2.45) is 0 Å². The fourth-order valence-electron chi connectivity index (χ4n) is 5.72. The van der Waals surface area contributed by atoms with Crippen molar-refractivity contribution in [3.63, 3.8) is 0 Å². The molecule has 2 heterocycles. The number of hydrogen-bond donors (Lipinski definition) is 0. The van der Waals surface area contributed by atoms with E-state index in [1.165, 1.54) is 0 Å². The van der Waals surface area contributed by atoms with Crippen molar-refractivity contribution < 1.29 is 4.42 Å².